The number of fused-ring (bicyclic) bond motifs is 2. The SMILES string of the molecule is CCC(C)=CC(=O)OC1CC(C)C2(C)CC3=C(C)C(=O)OC3(OC)CC2C1O. The zero-order valence-electron chi connectivity index (χ0n) is 17.7. The van der Waals surface area contributed by atoms with Crippen LogP contribution in [0.3, 0.4) is 0 Å². The lowest BCUT2D eigenvalue weighted by atomic mass is 9.52. The standard InChI is InChI=1S/C22H32O6/c1-7-12(2)8-18(23)27-17-9-13(3)21(5)10-15-14(4)20(25)28-22(15,26-6)11-16(21)19(17)24/h8,13,16-17,19,24H,7,9-11H2,1-6H3. The number of aliphatic hydroxyl groups is 1. The monoisotopic (exact) mass is 392 g/mol. The zero-order chi connectivity index (χ0) is 20.9. The van der Waals surface area contributed by atoms with Crippen molar-refractivity contribution in [2.75, 3.05) is 7.11 Å². The van der Waals surface area contributed by atoms with E-state index >= 15 is 0 Å². The Morgan fingerprint density at radius 3 is 2.71 bits per heavy atom. The van der Waals surface area contributed by atoms with Crippen molar-refractivity contribution in [1.29, 1.82) is 0 Å². The summed E-state index contributed by atoms with van der Waals surface area (Å²) in [6.45, 7) is 9.91. The number of methoxy groups -OCH3 is 1. The second-order valence-corrected chi connectivity index (χ2v) is 8.89. The van der Waals surface area contributed by atoms with Gasteiger partial charge in [0.2, 0.25) is 5.79 Å². The third-order valence-corrected chi connectivity index (χ3v) is 7.39. The summed E-state index contributed by atoms with van der Waals surface area (Å²) in [4.78, 5) is 24.5. The molecule has 2 aliphatic carbocycles. The summed E-state index contributed by atoms with van der Waals surface area (Å²) in [6, 6.07) is 0. The topological polar surface area (TPSA) is 82.1 Å². The molecule has 2 fully saturated rings. The molecule has 3 rings (SSSR count). The van der Waals surface area contributed by atoms with Crippen LogP contribution < -0.4 is 0 Å². The minimum Gasteiger partial charge on any atom is -0.456 e. The molecule has 2 saturated carbocycles. The first-order valence-corrected chi connectivity index (χ1v) is 10.1. The average molecular weight is 392 g/mol. The third-order valence-electron chi connectivity index (χ3n) is 7.39. The Balaban J connectivity index is 1.88. The lowest BCUT2D eigenvalue weighted by Gasteiger charge is -2.56. The summed E-state index contributed by atoms with van der Waals surface area (Å²) in [6.07, 6.45) is 2.41. The number of allylic oxidation sites excluding steroid dienone is 1. The fourth-order valence-corrected chi connectivity index (χ4v) is 5.08. The molecule has 0 aromatic heterocycles. The molecular weight excluding hydrogens is 360 g/mol. The van der Waals surface area contributed by atoms with Crippen molar-refractivity contribution >= 4 is 11.9 Å². The third kappa shape index (κ3) is 3.20. The van der Waals surface area contributed by atoms with Gasteiger partial charge in [-0.2, -0.15) is 0 Å². The van der Waals surface area contributed by atoms with Crippen molar-refractivity contribution in [2.24, 2.45) is 17.3 Å². The fraction of sp³-hybridized carbons (Fsp3) is 0.727. The normalized spacial score (nSPS) is 40.7. The highest BCUT2D eigenvalue weighted by molar-refractivity contribution is 5.92. The van der Waals surface area contributed by atoms with Crippen molar-refractivity contribution in [1.82, 2.24) is 0 Å². The number of esters is 2. The zero-order valence-corrected chi connectivity index (χ0v) is 17.7. The molecule has 28 heavy (non-hydrogen) atoms. The molecule has 156 valence electrons. The molecule has 1 aliphatic heterocycles. The molecule has 0 radical (unpaired) electrons. The highest BCUT2D eigenvalue weighted by Crippen LogP contribution is 2.60. The van der Waals surface area contributed by atoms with Gasteiger partial charge in [0.05, 0.1) is 6.10 Å². The Morgan fingerprint density at radius 2 is 2.11 bits per heavy atom. The molecule has 1 N–H and O–H groups in total. The Labute approximate surface area is 166 Å². The number of ether oxygens (including phenoxy) is 3. The van der Waals surface area contributed by atoms with Crippen LogP contribution in [0.25, 0.3) is 0 Å². The van der Waals surface area contributed by atoms with Gasteiger partial charge in [-0.3, -0.25) is 0 Å². The Bertz CT molecular complexity index is 737. The van der Waals surface area contributed by atoms with E-state index in [0.717, 1.165) is 17.6 Å². The summed E-state index contributed by atoms with van der Waals surface area (Å²) in [5, 5.41) is 11.1. The summed E-state index contributed by atoms with van der Waals surface area (Å²) in [5.74, 6) is -1.91. The van der Waals surface area contributed by atoms with Crippen LogP contribution in [0.1, 0.15) is 60.3 Å². The van der Waals surface area contributed by atoms with Gasteiger partial charge in [-0.25, -0.2) is 9.59 Å². The largest absolute Gasteiger partial charge is 0.456 e. The number of rotatable bonds is 4. The molecule has 1 heterocycles. The lowest BCUT2D eigenvalue weighted by Crippen LogP contribution is -2.59. The van der Waals surface area contributed by atoms with Gasteiger partial charge in [0.1, 0.15) is 6.10 Å². The van der Waals surface area contributed by atoms with Crippen LogP contribution in [0.4, 0.5) is 0 Å². The van der Waals surface area contributed by atoms with Gasteiger partial charge in [-0.1, -0.05) is 26.3 Å². The Hall–Kier alpha value is -1.66. The van der Waals surface area contributed by atoms with Crippen LogP contribution in [-0.2, 0) is 23.8 Å². The van der Waals surface area contributed by atoms with Crippen molar-refractivity contribution in [3.8, 4) is 0 Å². The summed E-state index contributed by atoms with van der Waals surface area (Å²) < 4.78 is 16.9. The van der Waals surface area contributed by atoms with Crippen LogP contribution in [0.5, 0.6) is 0 Å². The lowest BCUT2D eigenvalue weighted by molar-refractivity contribution is -0.237. The van der Waals surface area contributed by atoms with E-state index in [-0.39, 0.29) is 23.2 Å². The Kier molecular flexibility index (Phi) is 5.49. The molecule has 6 unspecified atom stereocenters. The number of carbonyl (C=O) groups is 2. The minimum atomic E-state index is -1.11. The second kappa shape index (κ2) is 7.30. The first-order chi connectivity index (χ1) is 13.1. The highest BCUT2D eigenvalue weighted by Gasteiger charge is 2.62. The summed E-state index contributed by atoms with van der Waals surface area (Å²) >= 11 is 0. The van der Waals surface area contributed by atoms with Crippen molar-refractivity contribution in [2.45, 2.75) is 78.3 Å². The molecule has 0 bridgehead atoms. The molecule has 6 atom stereocenters. The maximum Gasteiger partial charge on any atom is 0.336 e. The maximum atomic E-state index is 12.2. The van der Waals surface area contributed by atoms with Gasteiger partial charge >= 0.3 is 11.9 Å². The van der Waals surface area contributed by atoms with Gasteiger partial charge in [0.25, 0.3) is 0 Å². The first-order valence-electron chi connectivity index (χ1n) is 10.1. The van der Waals surface area contributed by atoms with E-state index < -0.39 is 24.0 Å². The quantitative estimate of drug-likeness (QED) is 0.584. The Morgan fingerprint density at radius 1 is 1.43 bits per heavy atom. The van der Waals surface area contributed by atoms with E-state index in [1.54, 1.807) is 6.92 Å². The molecular formula is C22H32O6. The van der Waals surface area contributed by atoms with Crippen LogP contribution in [0.2, 0.25) is 0 Å². The molecule has 3 aliphatic rings. The molecule has 0 aromatic carbocycles. The van der Waals surface area contributed by atoms with E-state index in [4.69, 9.17) is 14.2 Å². The minimum absolute atomic E-state index is 0.195. The van der Waals surface area contributed by atoms with Gasteiger partial charge in [-0.05, 0) is 44.4 Å². The number of hydrogen-bond donors (Lipinski definition) is 1. The predicted octanol–water partition coefficient (Wildman–Crippen LogP) is 3.29. The fourth-order valence-electron chi connectivity index (χ4n) is 5.08. The van der Waals surface area contributed by atoms with Gasteiger partial charge in [0.15, 0.2) is 0 Å². The van der Waals surface area contributed by atoms with E-state index in [9.17, 15) is 14.7 Å². The molecule has 0 aromatic rings. The number of aliphatic hydroxyl groups excluding tert-OH is 1. The number of hydrogen-bond acceptors (Lipinski definition) is 6. The van der Waals surface area contributed by atoms with Gasteiger partial charge in [0, 0.05) is 36.7 Å². The molecule has 6 heteroatoms. The van der Waals surface area contributed by atoms with Gasteiger partial charge in [-0.15, -0.1) is 0 Å². The van der Waals surface area contributed by atoms with Crippen molar-refractivity contribution in [3.05, 3.63) is 22.8 Å². The average Bonchev–Trinajstić information content (AvgIpc) is 2.89. The smallest absolute Gasteiger partial charge is 0.336 e. The van der Waals surface area contributed by atoms with Crippen LogP contribution in [-0.4, -0.2) is 42.1 Å². The van der Waals surface area contributed by atoms with E-state index in [2.05, 4.69) is 13.8 Å². The predicted molar refractivity (Wildman–Crippen MR) is 103 cm³/mol. The van der Waals surface area contributed by atoms with Crippen molar-refractivity contribution in [3.63, 3.8) is 0 Å². The maximum absolute atomic E-state index is 12.2. The van der Waals surface area contributed by atoms with Gasteiger partial charge < -0.3 is 19.3 Å². The van der Waals surface area contributed by atoms with Crippen LogP contribution in [0.15, 0.2) is 22.8 Å². The summed E-state index contributed by atoms with van der Waals surface area (Å²) in [7, 11) is 1.53. The molecule has 0 saturated heterocycles. The van der Waals surface area contributed by atoms with Crippen molar-refractivity contribution < 1.29 is 28.9 Å². The van der Waals surface area contributed by atoms with Crippen LogP contribution in [0, 0.1) is 17.3 Å². The number of carbonyl (C=O) groups excluding carboxylic acids is 2. The second-order valence-electron chi connectivity index (χ2n) is 8.89. The highest BCUT2D eigenvalue weighted by atomic mass is 16.7. The van der Waals surface area contributed by atoms with E-state index in [1.165, 1.54) is 13.2 Å². The van der Waals surface area contributed by atoms with E-state index in [0.29, 0.717) is 24.8 Å². The van der Waals surface area contributed by atoms with E-state index in [1.807, 2.05) is 13.8 Å². The first kappa shape index (κ1) is 21.1. The molecule has 0 amide bonds. The molecule has 6 nitrogen and oxygen atoms in total. The van der Waals surface area contributed by atoms with Crippen LogP contribution >= 0.6 is 0 Å². The summed E-state index contributed by atoms with van der Waals surface area (Å²) in [5.41, 5.74) is 2.20. The molecule has 0 spiro atoms.